The van der Waals surface area contributed by atoms with Gasteiger partial charge in [-0.05, 0) is 42.0 Å². The lowest BCUT2D eigenvalue weighted by molar-refractivity contribution is 0.203. The molecule has 0 spiro atoms. The van der Waals surface area contributed by atoms with Crippen molar-refractivity contribution in [1.29, 1.82) is 0 Å². The van der Waals surface area contributed by atoms with E-state index >= 15 is 0 Å². The Bertz CT molecular complexity index is 848. The molecule has 2 aromatic carbocycles. The SMILES string of the molecule is COCCNC(=S)N(CCc1nc2ccccc2[nH]1)Cc1ccc(F)cc1. The summed E-state index contributed by atoms with van der Waals surface area (Å²) in [6, 6.07) is 14.5. The molecule has 0 atom stereocenters. The predicted molar refractivity (Wildman–Crippen MR) is 109 cm³/mol. The van der Waals surface area contributed by atoms with Gasteiger partial charge in [0.2, 0.25) is 0 Å². The van der Waals surface area contributed by atoms with Crippen molar-refractivity contribution in [2.75, 3.05) is 26.8 Å². The predicted octanol–water partition coefficient (Wildman–Crippen LogP) is 3.27. The molecule has 0 unspecified atom stereocenters. The van der Waals surface area contributed by atoms with Gasteiger partial charge in [0.05, 0.1) is 17.6 Å². The number of aromatic nitrogens is 2. The third-order valence-corrected chi connectivity index (χ3v) is 4.62. The lowest BCUT2D eigenvalue weighted by Crippen LogP contribution is -2.41. The number of para-hydroxylation sites is 2. The first kappa shape index (κ1) is 19.3. The average Bonchev–Trinajstić information content (AvgIpc) is 3.09. The van der Waals surface area contributed by atoms with E-state index in [-0.39, 0.29) is 5.82 Å². The van der Waals surface area contributed by atoms with Gasteiger partial charge in [-0.15, -0.1) is 0 Å². The number of aromatic amines is 1. The molecule has 0 saturated carbocycles. The third-order valence-electron chi connectivity index (χ3n) is 4.21. The third kappa shape index (κ3) is 5.48. The quantitative estimate of drug-likeness (QED) is 0.460. The second-order valence-corrected chi connectivity index (χ2v) is 6.61. The van der Waals surface area contributed by atoms with Gasteiger partial charge in [-0.3, -0.25) is 0 Å². The van der Waals surface area contributed by atoms with Crippen LogP contribution in [0, 0.1) is 5.82 Å². The van der Waals surface area contributed by atoms with Gasteiger partial charge in [-0.1, -0.05) is 24.3 Å². The Morgan fingerprint density at radius 1 is 1.22 bits per heavy atom. The van der Waals surface area contributed by atoms with Gasteiger partial charge >= 0.3 is 0 Å². The van der Waals surface area contributed by atoms with Crippen LogP contribution in [0.4, 0.5) is 4.39 Å². The first-order chi connectivity index (χ1) is 13.2. The molecular weight excluding hydrogens is 363 g/mol. The second-order valence-electron chi connectivity index (χ2n) is 6.22. The van der Waals surface area contributed by atoms with Gasteiger partial charge in [-0.2, -0.15) is 0 Å². The maximum atomic E-state index is 13.2. The van der Waals surface area contributed by atoms with Crippen LogP contribution in [-0.2, 0) is 17.7 Å². The Labute approximate surface area is 163 Å². The molecule has 27 heavy (non-hydrogen) atoms. The smallest absolute Gasteiger partial charge is 0.169 e. The fraction of sp³-hybridized carbons (Fsp3) is 0.300. The van der Waals surface area contributed by atoms with Gasteiger partial charge in [0, 0.05) is 33.2 Å². The minimum atomic E-state index is -0.242. The molecule has 1 aromatic heterocycles. The van der Waals surface area contributed by atoms with Crippen molar-refractivity contribution >= 4 is 28.4 Å². The maximum absolute atomic E-state index is 13.2. The number of ether oxygens (including phenoxy) is 1. The zero-order chi connectivity index (χ0) is 19.1. The van der Waals surface area contributed by atoms with Gasteiger partial charge in [-0.25, -0.2) is 9.37 Å². The number of benzene rings is 2. The van der Waals surface area contributed by atoms with E-state index in [1.807, 2.05) is 24.3 Å². The number of nitrogens with one attached hydrogen (secondary N) is 2. The van der Waals surface area contributed by atoms with E-state index in [1.54, 1.807) is 19.2 Å². The second kappa shape index (κ2) is 9.43. The number of halogens is 1. The molecule has 3 aromatic rings. The molecule has 3 rings (SSSR count). The Hall–Kier alpha value is -2.51. The highest BCUT2D eigenvalue weighted by atomic mass is 32.1. The Kier molecular flexibility index (Phi) is 6.73. The van der Waals surface area contributed by atoms with Crippen LogP contribution >= 0.6 is 12.2 Å². The molecule has 0 amide bonds. The molecule has 1 heterocycles. The first-order valence-corrected chi connectivity index (χ1v) is 9.26. The Morgan fingerprint density at radius 3 is 2.74 bits per heavy atom. The molecule has 0 aliphatic heterocycles. The number of hydrogen-bond acceptors (Lipinski definition) is 3. The van der Waals surface area contributed by atoms with Crippen LogP contribution in [0.2, 0.25) is 0 Å². The summed E-state index contributed by atoms with van der Waals surface area (Å²) in [5.74, 6) is 0.674. The number of hydrogen-bond donors (Lipinski definition) is 2. The van der Waals surface area contributed by atoms with Crippen molar-refractivity contribution in [1.82, 2.24) is 20.2 Å². The molecule has 7 heteroatoms. The minimum absolute atomic E-state index is 0.242. The molecule has 0 radical (unpaired) electrons. The van der Waals surface area contributed by atoms with Crippen LogP contribution in [-0.4, -0.2) is 46.8 Å². The van der Waals surface area contributed by atoms with Gasteiger partial charge in [0.25, 0.3) is 0 Å². The van der Waals surface area contributed by atoms with Crippen molar-refractivity contribution in [3.63, 3.8) is 0 Å². The van der Waals surface area contributed by atoms with E-state index in [9.17, 15) is 4.39 Å². The average molecular weight is 386 g/mol. The number of nitrogens with zero attached hydrogens (tertiary/aromatic N) is 2. The van der Waals surface area contributed by atoms with Crippen molar-refractivity contribution in [3.05, 3.63) is 65.7 Å². The largest absolute Gasteiger partial charge is 0.383 e. The van der Waals surface area contributed by atoms with Crippen LogP contribution in [0.3, 0.4) is 0 Å². The van der Waals surface area contributed by atoms with Crippen LogP contribution in [0.5, 0.6) is 0 Å². The standard InChI is InChI=1S/C20H23FN4OS/c1-26-13-11-22-20(27)25(14-15-6-8-16(21)9-7-15)12-10-19-23-17-4-2-3-5-18(17)24-19/h2-9H,10-14H2,1H3,(H,22,27)(H,23,24). The minimum Gasteiger partial charge on any atom is -0.383 e. The normalized spacial score (nSPS) is 10.9. The fourth-order valence-electron chi connectivity index (χ4n) is 2.80. The highest BCUT2D eigenvalue weighted by Gasteiger charge is 2.12. The summed E-state index contributed by atoms with van der Waals surface area (Å²) >= 11 is 5.55. The molecule has 0 saturated heterocycles. The number of rotatable bonds is 8. The highest BCUT2D eigenvalue weighted by molar-refractivity contribution is 7.80. The molecule has 142 valence electrons. The lowest BCUT2D eigenvalue weighted by Gasteiger charge is -2.25. The van der Waals surface area contributed by atoms with E-state index < -0.39 is 0 Å². The van der Waals surface area contributed by atoms with Gasteiger partial charge < -0.3 is 19.9 Å². The van der Waals surface area contributed by atoms with Gasteiger partial charge in [0.1, 0.15) is 11.6 Å². The number of methoxy groups -OCH3 is 1. The molecule has 5 nitrogen and oxygen atoms in total. The topological polar surface area (TPSA) is 53.2 Å². The van der Waals surface area contributed by atoms with Crippen LogP contribution < -0.4 is 5.32 Å². The highest BCUT2D eigenvalue weighted by Crippen LogP contribution is 2.12. The van der Waals surface area contributed by atoms with Crippen molar-refractivity contribution in [3.8, 4) is 0 Å². The summed E-state index contributed by atoms with van der Waals surface area (Å²) in [6.07, 6.45) is 0.724. The summed E-state index contributed by atoms with van der Waals surface area (Å²) < 4.78 is 18.3. The van der Waals surface area contributed by atoms with Crippen LogP contribution in [0.1, 0.15) is 11.4 Å². The Morgan fingerprint density at radius 2 is 2.00 bits per heavy atom. The summed E-state index contributed by atoms with van der Waals surface area (Å²) in [5.41, 5.74) is 2.98. The van der Waals surface area contributed by atoms with E-state index in [4.69, 9.17) is 17.0 Å². The zero-order valence-electron chi connectivity index (χ0n) is 15.2. The maximum Gasteiger partial charge on any atom is 0.169 e. The fourth-order valence-corrected chi connectivity index (χ4v) is 3.06. The number of thiocarbonyl (C=S) groups is 1. The van der Waals surface area contributed by atoms with Crippen molar-refractivity contribution in [2.45, 2.75) is 13.0 Å². The lowest BCUT2D eigenvalue weighted by atomic mass is 10.2. The number of H-pyrrole nitrogens is 1. The van der Waals surface area contributed by atoms with Crippen molar-refractivity contribution < 1.29 is 9.13 Å². The summed E-state index contributed by atoms with van der Waals surface area (Å²) in [6.45, 7) is 2.50. The first-order valence-electron chi connectivity index (χ1n) is 8.85. The van der Waals surface area contributed by atoms with E-state index in [2.05, 4.69) is 20.2 Å². The van der Waals surface area contributed by atoms with E-state index in [0.717, 1.165) is 28.8 Å². The molecule has 0 bridgehead atoms. The molecular formula is C20H23FN4OS. The molecule has 0 fully saturated rings. The van der Waals surface area contributed by atoms with Crippen LogP contribution in [0.15, 0.2) is 48.5 Å². The monoisotopic (exact) mass is 386 g/mol. The van der Waals surface area contributed by atoms with E-state index in [0.29, 0.717) is 31.4 Å². The summed E-state index contributed by atoms with van der Waals surface area (Å²) in [4.78, 5) is 10.0. The molecule has 2 N–H and O–H groups in total. The van der Waals surface area contributed by atoms with Crippen LogP contribution in [0.25, 0.3) is 11.0 Å². The van der Waals surface area contributed by atoms with Crippen molar-refractivity contribution in [2.24, 2.45) is 0 Å². The zero-order valence-corrected chi connectivity index (χ0v) is 16.1. The Balaban J connectivity index is 1.67. The molecule has 0 aliphatic carbocycles. The summed E-state index contributed by atoms with van der Waals surface area (Å²) in [7, 11) is 1.66. The number of imidazole rings is 1. The summed E-state index contributed by atoms with van der Waals surface area (Å²) in [5, 5.41) is 3.85. The number of fused-ring (bicyclic) bond motifs is 1. The molecule has 0 aliphatic rings. The van der Waals surface area contributed by atoms with E-state index in [1.165, 1.54) is 12.1 Å². The van der Waals surface area contributed by atoms with Gasteiger partial charge in [0.15, 0.2) is 5.11 Å².